The first-order valence-electron chi connectivity index (χ1n) is 10.8. The van der Waals surface area contributed by atoms with E-state index in [4.69, 9.17) is 4.74 Å². The lowest BCUT2D eigenvalue weighted by Crippen LogP contribution is -2.08. The molecule has 1 unspecified atom stereocenters. The number of aromatic nitrogens is 1. The molecule has 0 amide bonds. The molecular weight excluding hydrogens is 361 g/mol. The van der Waals surface area contributed by atoms with Crippen LogP contribution in [0.1, 0.15) is 63.5 Å². The summed E-state index contributed by atoms with van der Waals surface area (Å²) in [6, 6.07) is 9.12. The van der Waals surface area contributed by atoms with Crippen LogP contribution >= 0.6 is 0 Å². The summed E-state index contributed by atoms with van der Waals surface area (Å²) in [7, 11) is 0. The number of pyridine rings is 1. The normalized spacial score (nSPS) is 12.4. The van der Waals surface area contributed by atoms with Crippen molar-refractivity contribution in [2.24, 2.45) is 0 Å². The summed E-state index contributed by atoms with van der Waals surface area (Å²) in [6.45, 7) is 8.93. The maximum Gasteiger partial charge on any atom is 0.132 e. The van der Waals surface area contributed by atoms with Crippen molar-refractivity contribution in [1.29, 1.82) is 0 Å². The van der Waals surface area contributed by atoms with E-state index in [0.717, 1.165) is 43.4 Å². The number of benzene rings is 1. The first kappa shape index (κ1) is 23.0. The number of hydrogen-bond donors (Lipinski definition) is 0. The number of halogens is 1. The monoisotopic (exact) mass is 395 g/mol. The quantitative estimate of drug-likeness (QED) is 0.260. The number of allylic oxidation sites excluding steroid dienone is 2. The average molecular weight is 396 g/mol. The van der Waals surface area contributed by atoms with Gasteiger partial charge in [0.25, 0.3) is 0 Å². The van der Waals surface area contributed by atoms with Crippen LogP contribution in [0.25, 0.3) is 17.3 Å². The van der Waals surface area contributed by atoms with Crippen molar-refractivity contribution in [3.63, 3.8) is 0 Å². The summed E-state index contributed by atoms with van der Waals surface area (Å²) < 4.78 is 20.2. The molecule has 0 radical (unpaired) electrons. The third-order valence-electron chi connectivity index (χ3n) is 4.92. The Labute approximate surface area is 175 Å². The SMILES string of the molecule is C=CCc1ccc(-c2ccc(C=CCCCC(C)OCCCCC)cn2)c(F)c1. The lowest BCUT2D eigenvalue weighted by atomic mass is 10.0. The summed E-state index contributed by atoms with van der Waals surface area (Å²) in [5, 5.41) is 0. The van der Waals surface area contributed by atoms with Gasteiger partial charge in [-0.25, -0.2) is 4.39 Å². The fourth-order valence-corrected chi connectivity index (χ4v) is 3.19. The van der Waals surface area contributed by atoms with E-state index in [0.29, 0.717) is 23.8 Å². The van der Waals surface area contributed by atoms with Crippen molar-refractivity contribution >= 4 is 6.08 Å². The Morgan fingerprint density at radius 1 is 1.17 bits per heavy atom. The molecule has 1 aromatic heterocycles. The topological polar surface area (TPSA) is 22.1 Å². The summed E-state index contributed by atoms with van der Waals surface area (Å²) in [5.74, 6) is -0.244. The van der Waals surface area contributed by atoms with Gasteiger partial charge in [-0.1, -0.05) is 50.1 Å². The van der Waals surface area contributed by atoms with E-state index in [1.54, 1.807) is 24.4 Å². The lowest BCUT2D eigenvalue weighted by molar-refractivity contribution is 0.0566. The highest BCUT2D eigenvalue weighted by Gasteiger charge is 2.07. The van der Waals surface area contributed by atoms with Gasteiger partial charge >= 0.3 is 0 Å². The second-order valence-corrected chi connectivity index (χ2v) is 7.51. The van der Waals surface area contributed by atoms with Gasteiger partial charge in [-0.05, 0) is 68.4 Å². The van der Waals surface area contributed by atoms with Crippen molar-refractivity contribution in [2.45, 2.75) is 64.9 Å². The van der Waals surface area contributed by atoms with Crippen LogP contribution < -0.4 is 0 Å². The van der Waals surface area contributed by atoms with Crippen LogP contribution in [0.3, 0.4) is 0 Å². The maximum absolute atomic E-state index is 14.3. The molecule has 0 spiro atoms. The third kappa shape index (κ3) is 8.33. The van der Waals surface area contributed by atoms with Crippen molar-refractivity contribution in [3.05, 3.63) is 72.2 Å². The summed E-state index contributed by atoms with van der Waals surface area (Å²) in [4.78, 5) is 4.43. The predicted octanol–water partition coefficient (Wildman–Crippen LogP) is 7.40. The number of rotatable bonds is 13. The molecule has 1 heterocycles. The standard InChI is InChI=1S/C26H34FNO/c1-4-6-10-18-29-21(3)12-8-7-9-13-23-15-17-26(28-20-23)24-16-14-22(11-5-2)19-25(24)27/h5,9,13-17,19-21H,2,4,6-8,10-12,18H2,1,3H3. The van der Waals surface area contributed by atoms with Crippen molar-refractivity contribution in [3.8, 4) is 11.3 Å². The molecular formula is C26H34FNO. The summed E-state index contributed by atoms with van der Waals surface area (Å²) in [5.41, 5.74) is 3.13. The zero-order valence-corrected chi connectivity index (χ0v) is 17.9. The van der Waals surface area contributed by atoms with Gasteiger partial charge in [0.2, 0.25) is 0 Å². The Hall–Kier alpha value is -2.26. The highest BCUT2D eigenvalue weighted by Crippen LogP contribution is 2.22. The molecule has 0 fully saturated rings. The second kappa shape index (κ2) is 13.1. The van der Waals surface area contributed by atoms with Crippen molar-refractivity contribution in [2.75, 3.05) is 6.61 Å². The van der Waals surface area contributed by atoms with Crippen LogP contribution in [0.2, 0.25) is 0 Å². The van der Waals surface area contributed by atoms with E-state index in [1.165, 1.54) is 12.8 Å². The Bertz CT molecular complexity index is 767. The number of unbranched alkanes of at least 4 members (excludes halogenated alkanes) is 3. The van der Waals surface area contributed by atoms with E-state index in [-0.39, 0.29) is 5.82 Å². The number of ether oxygens (including phenoxy) is 1. The van der Waals surface area contributed by atoms with Gasteiger partial charge in [0.05, 0.1) is 11.8 Å². The lowest BCUT2D eigenvalue weighted by Gasteiger charge is -2.11. The molecule has 0 saturated heterocycles. The molecule has 156 valence electrons. The highest BCUT2D eigenvalue weighted by molar-refractivity contribution is 5.62. The van der Waals surface area contributed by atoms with Crippen LogP contribution in [-0.2, 0) is 11.2 Å². The van der Waals surface area contributed by atoms with Crippen molar-refractivity contribution < 1.29 is 9.13 Å². The highest BCUT2D eigenvalue weighted by atomic mass is 19.1. The van der Waals surface area contributed by atoms with Gasteiger partial charge in [0.1, 0.15) is 5.82 Å². The van der Waals surface area contributed by atoms with Crippen LogP contribution in [-0.4, -0.2) is 17.7 Å². The smallest absolute Gasteiger partial charge is 0.132 e. The average Bonchev–Trinajstić information content (AvgIpc) is 2.72. The molecule has 2 nitrogen and oxygen atoms in total. The molecule has 29 heavy (non-hydrogen) atoms. The summed E-state index contributed by atoms with van der Waals surface area (Å²) in [6.07, 6.45) is 15.7. The largest absolute Gasteiger partial charge is 0.379 e. The number of nitrogens with zero attached hydrogens (tertiary/aromatic N) is 1. The molecule has 1 atom stereocenters. The van der Waals surface area contributed by atoms with Crippen LogP contribution in [0.4, 0.5) is 4.39 Å². The molecule has 3 heteroatoms. The fourth-order valence-electron chi connectivity index (χ4n) is 3.19. The fraction of sp³-hybridized carbons (Fsp3) is 0.423. The van der Waals surface area contributed by atoms with E-state index in [2.05, 4.69) is 37.6 Å². The molecule has 0 saturated carbocycles. The van der Waals surface area contributed by atoms with Gasteiger partial charge in [-0.2, -0.15) is 0 Å². The Morgan fingerprint density at radius 3 is 2.72 bits per heavy atom. The molecule has 0 N–H and O–H groups in total. The first-order chi connectivity index (χ1) is 14.1. The van der Waals surface area contributed by atoms with E-state index in [9.17, 15) is 4.39 Å². The zero-order chi connectivity index (χ0) is 20.9. The zero-order valence-electron chi connectivity index (χ0n) is 17.9. The van der Waals surface area contributed by atoms with Gasteiger partial charge in [0, 0.05) is 18.4 Å². The van der Waals surface area contributed by atoms with E-state index in [1.807, 2.05) is 18.2 Å². The van der Waals surface area contributed by atoms with Crippen LogP contribution in [0.5, 0.6) is 0 Å². The predicted molar refractivity (Wildman–Crippen MR) is 121 cm³/mol. The van der Waals surface area contributed by atoms with Gasteiger partial charge < -0.3 is 4.74 Å². The Morgan fingerprint density at radius 2 is 2.03 bits per heavy atom. The first-order valence-corrected chi connectivity index (χ1v) is 10.8. The minimum absolute atomic E-state index is 0.244. The van der Waals surface area contributed by atoms with E-state index >= 15 is 0 Å². The minimum Gasteiger partial charge on any atom is -0.379 e. The van der Waals surface area contributed by atoms with Gasteiger partial charge in [0.15, 0.2) is 0 Å². The van der Waals surface area contributed by atoms with Gasteiger partial charge in [-0.3, -0.25) is 4.98 Å². The molecule has 2 rings (SSSR count). The van der Waals surface area contributed by atoms with Crippen molar-refractivity contribution in [1.82, 2.24) is 4.98 Å². The number of hydrogen-bond acceptors (Lipinski definition) is 2. The molecule has 0 bridgehead atoms. The summed E-state index contributed by atoms with van der Waals surface area (Å²) >= 11 is 0. The maximum atomic E-state index is 14.3. The van der Waals surface area contributed by atoms with Crippen LogP contribution in [0, 0.1) is 5.82 Å². The van der Waals surface area contributed by atoms with E-state index < -0.39 is 0 Å². The second-order valence-electron chi connectivity index (χ2n) is 7.51. The minimum atomic E-state index is -0.244. The Kier molecular flexibility index (Phi) is 10.4. The molecule has 0 aliphatic rings. The third-order valence-corrected chi connectivity index (χ3v) is 4.92. The molecule has 1 aromatic carbocycles. The van der Waals surface area contributed by atoms with Crippen LogP contribution in [0.15, 0.2) is 55.3 Å². The molecule has 2 aromatic rings. The Balaban J connectivity index is 1.78. The molecule has 0 aliphatic heterocycles. The van der Waals surface area contributed by atoms with Gasteiger partial charge in [-0.15, -0.1) is 6.58 Å². The molecule has 0 aliphatic carbocycles.